The van der Waals surface area contributed by atoms with Crippen LogP contribution in [0.3, 0.4) is 0 Å². The van der Waals surface area contributed by atoms with E-state index in [1.807, 2.05) is 18.2 Å². The maximum atomic E-state index is 12.0. The Kier molecular flexibility index (Phi) is 6.86. The van der Waals surface area contributed by atoms with Gasteiger partial charge >= 0.3 is 0 Å². The van der Waals surface area contributed by atoms with Crippen LogP contribution in [0, 0.1) is 0 Å². The van der Waals surface area contributed by atoms with Crippen molar-refractivity contribution in [1.29, 1.82) is 0 Å². The number of carbonyl (C=O) groups is 2. The maximum absolute atomic E-state index is 12.0. The predicted octanol–water partition coefficient (Wildman–Crippen LogP) is 1.67. The Morgan fingerprint density at radius 1 is 0.929 bits per heavy atom. The Morgan fingerprint density at radius 2 is 1.61 bits per heavy atom. The van der Waals surface area contributed by atoms with Crippen LogP contribution >= 0.6 is 0 Å². The summed E-state index contributed by atoms with van der Waals surface area (Å²) in [5.74, 6) is 0.118. The van der Waals surface area contributed by atoms with Crippen molar-refractivity contribution in [3.63, 3.8) is 0 Å². The molecule has 28 heavy (non-hydrogen) atoms. The van der Waals surface area contributed by atoms with Crippen molar-refractivity contribution in [3.8, 4) is 5.75 Å². The summed E-state index contributed by atoms with van der Waals surface area (Å²) in [6.45, 7) is 4.40. The van der Waals surface area contributed by atoms with Crippen molar-refractivity contribution < 1.29 is 14.3 Å². The van der Waals surface area contributed by atoms with Gasteiger partial charge in [-0.25, -0.2) is 0 Å². The summed E-state index contributed by atoms with van der Waals surface area (Å²) in [5.41, 5.74) is 6.62. The minimum Gasteiger partial charge on any atom is -0.497 e. The number of anilines is 1. The molecule has 2 N–H and O–H groups in total. The highest BCUT2D eigenvalue weighted by molar-refractivity contribution is 5.95. The molecule has 1 saturated heterocycles. The van der Waals surface area contributed by atoms with Crippen LogP contribution in [0.1, 0.15) is 16.8 Å². The molecule has 2 aromatic rings. The lowest BCUT2D eigenvalue weighted by Crippen LogP contribution is -2.48. The summed E-state index contributed by atoms with van der Waals surface area (Å²) in [7, 11) is 1.57. The number of carbonyl (C=O) groups excluding carboxylic acids is 2. The molecule has 1 aliphatic rings. The average molecular weight is 382 g/mol. The Morgan fingerprint density at radius 3 is 2.25 bits per heavy atom. The Balaban J connectivity index is 1.35. The van der Waals surface area contributed by atoms with Crippen LogP contribution in [0.5, 0.6) is 5.75 Å². The number of hydrazine groups is 1. The van der Waals surface area contributed by atoms with Gasteiger partial charge in [0.15, 0.2) is 0 Å². The van der Waals surface area contributed by atoms with E-state index in [-0.39, 0.29) is 11.8 Å². The van der Waals surface area contributed by atoms with Crippen LogP contribution in [-0.2, 0) is 4.79 Å². The lowest BCUT2D eigenvalue weighted by molar-refractivity contribution is -0.122. The van der Waals surface area contributed by atoms with Crippen molar-refractivity contribution in [2.24, 2.45) is 0 Å². The summed E-state index contributed by atoms with van der Waals surface area (Å²) in [6, 6.07) is 17.0. The minimum atomic E-state index is -0.354. The van der Waals surface area contributed by atoms with Crippen molar-refractivity contribution in [1.82, 2.24) is 15.8 Å². The monoisotopic (exact) mass is 382 g/mol. The zero-order valence-electron chi connectivity index (χ0n) is 16.1. The van der Waals surface area contributed by atoms with Crippen LogP contribution in [-0.4, -0.2) is 56.5 Å². The van der Waals surface area contributed by atoms with Gasteiger partial charge in [-0.1, -0.05) is 18.2 Å². The highest BCUT2D eigenvalue weighted by Crippen LogP contribution is 2.15. The first-order chi connectivity index (χ1) is 13.7. The predicted molar refractivity (Wildman–Crippen MR) is 108 cm³/mol. The number of ether oxygens (including phenoxy) is 1. The fourth-order valence-electron chi connectivity index (χ4n) is 3.13. The summed E-state index contributed by atoms with van der Waals surface area (Å²) in [6.07, 6.45) is 0.341. The zero-order chi connectivity index (χ0) is 19.8. The lowest BCUT2D eigenvalue weighted by Gasteiger charge is -2.36. The number of nitrogens with one attached hydrogen (secondary N) is 2. The smallest absolute Gasteiger partial charge is 0.269 e. The van der Waals surface area contributed by atoms with E-state index in [4.69, 9.17) is 4.74 Å². The third-order valence-corrected chi connectivity index (χ3v) is 4.82. The quantitative estimate of drug-likeness (QED) is 0.744. The molecule has 1 aliphatic heterocycles. The van der Waals surface area contributed by atoms with Gasteiger partial charge in [-0.3, -0.25) is 25.3 Å². The van der Waals surface area contributed by atoms with Crippen LogP contribution in [0.15, 0.2) is 54.6 Å². The van der Waals surface area contributed by atoms with E-state index in [1.165, 1.54) is 5.69 Å². The molecular formula is C21H26N4O3. The largest absolute Gasteiger partial charge is 0.497 e. The molecule has 0 aromatic heterocycles. The number of para-hydroxylation sites is 1. The number of hydrogen-bond acceptors (Lipinski definition) is 5. The van der Waals surface area contributed by atoms with Crippen molar-refractivity contribution in [2.75, 3.05) is 44.7 Å². The zero-order valence-corrected chi connectivity index (χ0v) is 16.1. The number of benzene rings is 2. The van der Waals surface area contributed by atoms with E-state index < -0.39 is 0 Å². The second-order valence-electron chi connectivity index (χ2n) is 6.65. The van der Waals surface area contributed by atoms with Gasteiger partial charge in [0, 0.05) is 50.4 Å². The molecule has 148 valence electrons. The van der Waals surface area contributed by atoms with E-state index in [1.54, 1.807) is 31.4 Å². The molecule has 0 bridgehead atoms. The maximum Gasteiger partial charge on any atom is 0.269 e. The van der Waals surface area contributed by atoms with Crippen LogP contribution in [0.4, 0.5) is 5.69 Å². The topological polar surface area (TPSA) is 73.9 Å². The molecule has 2 amide bonds. The van der Waals surface area contributed by atoms with Gasteiger partial charge in [0.05, 0.1) is 7.11 Å². The molecule has 0 radical (unpaired) electrons. The minimum absolute atomic E-state index is 0.202. The SMILES string of the molecule is COc1ccc(C(=O)NNC(=O)CCN2CCN(c3ccccc3)CC2)cc1. The highest BCUT2D eigenvalue weighted by Gasteiger charge is 2.17. The second kappa shape index (κ2) is 9.75. The van der Waals surface area contributed by atoms with Crippen molar-refractivity contribution in [2.45, 2.75) is 6.42 Å². The fourth-order valence-corrected chi connectivity index (χ4v) is 3.13. The molecule has 0 spiro atoms. The number of nitrogens with zero attached hydrogens (tertiary/aromatic N) is 2. The van der Waals surface area contributed by atoms with Crippen LogP contribution < -0.4 is 20.5 Å². The van der Waals surface area contributed by atoms with E-state index in [0.29, 0.717) is 24.3 Å². The van der Waals surface area contributed by atoms with E-state index in [2.05, 4.69) is 32.8 Å². The standard InChI is InChI=1S/C21H26N4O3/c1-28-19-9-7-17(8-10-19)21(27)23-22-20(26)11-12-24-13-15-25(16-14-24)18-5-3-2-4-6-18/h2-10H,11-16H2,1H3,(H,22,26)(H,23,27). The van der Waals surface area contributed by atoms with Gasteiger partial charge in [-0.15, -0.1) is 0 Å². The first kappa shape index (κ1) is 19.7. The van der Waals surface area contributed by atoms with Crippen LogP contribution in [0.25, 0.3) is 0 Å². The highest BCUT2D eigenvalue weighted by atomic mass is 16.5. The van der Waals surface area contributed by atoms with E-state index in [9.17, 15) is 9.59 Å². The van der Waals surface area contributed by atoms with Crippen LogP contribution in [0.2, 0.25) is 0 Å². The molecule has 1 heterocycles. The first-order valence-corrected chi connectivity index (χ1v) is 9.41. The van der Waals surface area contributed by atoms with Crippen molar-refractivity contribution in [3.05, 3.63) is 60.2 Å². The molecule has 2 aromatic carbocycles. The van der Waals surface area contributed by atoms with Gasteiger partial charge < -0.3 is 9.64 Å². The summed E-state index contributed by atoms with van der Waals surface area (Å²) in [5, 5.41) is 0. The summed E-state index contributed by atoms with van der Waals surface area (Å²) < 4.78 is 5.06. The molecule has 0 unspecified atom stereocenters. The first-order valence-electron chi connectivity index (χ1n) is 9.41. The fraction of sp³-hybridized carbons (Fsp3) is 0.333. The molecule has 7 nitrogen and oxygen atoms in total. The second-order valence-corrected chi connectivity index (χ2v) is 6.65. The molecular weight excluding hydrogens is 356 g/mol. The Bertz CT molecular complexity index is 772. The lowest BCUT2D eigenvalue weighted by atomic mass is 10.2. The Labute approximate surface area is 165 Å². The van der Waals surface area contributed by atoms with Gasteiger partial charge in [0.25, 0.3) is 5.91 Å². The van der Waals surface area contributed by atoms with Gasteiger partial charge in [-0.05, 0) is 36.4 Å². The van der Waals surface area contributed by atoms with Gasteiger partial charge in [0.1, 0.15) is 5.75 Å². The summed E-state index contributed by atoms with van der Waals surface area (Å²) >= 11 is 0. The van der Waals surface area contributed by atoms with Crippen molar-refractivity contribution >= 4 is 17.5 Å². The van der Waals surface area contributed by atoms with E-state index in [0.717, 1.165) is 26.2 Å². The molecule has 3 rings (SSSR count). The molecule has 7 heteroatoms. The number of amides is 2. The number of piperazine rings is 1. The third-order valence-electron chi connectivity index (χ3n) is 4.82. The molecule has 0 atom stereocenters. The molecule has 0 aliphatic carbocycles. The Hall–Kier alpha value is -3.06. The normalized spacial score (nSPS) is 14.4. The number of hydrogen-bond donors (Lipinski definition) is 2. The molecule has 0 saturated carbocycles. The van der Waals surface area contributed by atoms with E-state index >= 15 is 0 Å². The average Bonchev–Trinajstić information content (AvgIpc) is 2.77. The summed E-state index contributed by atoms with van der Waals surface area (Å²) in [4.78, 5) is 28.7. The van der Waals surface area contributed by atoms with Gasteiger partial charge in [0.2, 0.25) is 5.91 Å². The third kappa shape index (κ3) is 5.47. The number of methoxy groups -OCH3 is 1. The number of rotatable bonds is 6. The van der Waals surface area contributed by atoms with Gasteiger partial charge in [-0.2, -0.15) is 0 Å². The molecule has 1 fully saturated rings.